The van der Waals surface area contributed by atoms with E-state index in [2.05, 4.69) is 15.6 Å². The van der Waals surface area contributed by atoms with Gasteiger partial charge in [0.15, 0.2) is 0 Å². The highest BCUT2D eigenvalue weighted by Crippen LogP contribution is 2.16. The molecule has 1 aliphatic rings. The fraction of sp³-hybridized carbons (Fsp3) is 0.333. The molecule has 0 saturated carbocycles. The summed E-state index contributed by atoms with van der Waals surface area (Å²) >= 11 is 0. The second kappa shape index (κ2) is 5.46. The number of benzene rings is 1. The summed E-state index contributed by atoms with van der Waals surface area (Å²) < 4.78 is 1.86. The molecule has 20 heavy (non-hydrogen) atoms. The molecule has 2 aromatic rings. The topological polar surface area (TPSA) is 59.0 Å². The minimum Gasteiger partial charge on any atom is -0.352 e. The Morgan fingerprint density at radius 3 is 3.00 bits per heavy atom. The maximum Gasteiger partial charge on any atom is 0.253 e. The van der Waals surface area contributed by atoms with E-state index in [1.54, 1.807) is 12.5 Å². The molecule has 0 atom stereocenters. The second-order valence-corrected chi connectivity index (χ2v) is 5.22. The fourth-order valence-electron chi connectivity index (χ4n) is 2.28. The molecule has 0 bridgehead atoms. The Kier molecular flexibility index (Phi) is 3.52. The average molecular weight is 270 g/mol. The minimum atomic E-state index is -0.0238. The quantitative estimate of drug-likeness (QED) is 0.875. The third-order valence-corrected chi connectivity index (χ3v) is 3.60. The third-order valence-electron chi connectivity index (χ3n) is 3.60. The molecule has 1 fully saturated rings. The molecule has 0 spiro atoms. The first-order valence-corrected chi connectivity index (χ1v) is 6.82. The van der Waals surface area contributed by atoms with E-state index in [1.807, 2.05) is 35.9 Å². The van der Waals surface area contributed by atoms with Crippen LogP contribution < -0.4 is 10.6 Å². The molecule has 2 N–H and O–H groups in total. The summed E-state index contributed by atoms with van der Waals surface area (Å²) in [6, 6.07) is 5.88. The van der Waals surface area contributed by atoms with Crippen molar-refractivity contribution in [1.29, 1.82) is 0 Å². The van der Waals surface area contributed by atoms with Gasteiger partial charge >= 0.3 is 0 Å². The monoisotopic (exact) mass is 270 g/mol. The smallest absolute Gasteiger partial charge is 0.253 e. The summed E-state index contributed by atoms with van der Waals surface area (Å²) in [6.45, 7) is 4.69. The molecule has 0 radical (unpaired) electrons. The van der Waals surface area contributed by atoms with Gasteiger partial charge in [-0.25, -0.2) is 4.98 Å². The number of amides is 1. The molecule has 1 aromatic heterocycles. The number of aryl methyl sites for hydroxylation is 1. The van der Waals surface area contributed by atoms with Crippen LogP contribution in [0.25, 0.3) is 5.69 Å². The SMILES string of the molecule is Cc1ccc(-n2ccnc2)c(C(=O)NCC2CNC2)c1. The van der Waals surface area contributed by atoms with Crippen LogP contribution in [0.1, 0.15) is 15.9 Å². The zero-order valence-corrected chi connectivity index (χ0v) is 11.5. The Labute approximate surface area is 118 Å². The van der Waals surface area contributed by atoms with Gasteiger partial charge in [-0.05, 0) is 19.1 Å². The lowest BCUT2D eigenvalue weighted by atomic mass is 10.0. The molecule has 104 valence electrons. The second-order valence-electron chi connectivity index (χ2n) is 5.22. The standard InChI is InChI=1S/C15H18N4O/c1-11-2-3-14(19-5-4-16-10-19)13(6-11)15(20)18-9-12-7-17-8-12/h2-6,10,12,17H,7-9H2,1H3,(H,18,20). The van der Waals surface area contributed by atoms with Crippen LogP contribution in [-0.4, -0.2) is 35.1 Å². The Bertz CT molecular complexity index is 602. The van der Waals surface area contributed by atoms with Gasteiger partial charge in [-0.2, -0.15) is 0 Å². The van der Waals surface area contributed by atoms with Gasteiger partial charge < -0.3 is 15.2 Å². The number of imidazole rings is 1. The van der Waals surface area contributed by atoms with Crippen LogP contribution in [0.2, 0.25) is 0 Å². The van der Waals surface area contributed by atoms with Crippen LogP contribution in [0.3, 0.4) is 0 Å². The lowest BCUT2D eigenvalue weighted by molar-refractivity contribution is 0.0942. The van der Waals surface area contributed by atoms with Crippen molar-refractivity contribution in [2.24, 2.45) is 5.92 Å². The summed E-state index contributed by atoms with van der Waals surface area (Å²) in [5, 5.41) is 6.22. The van der Waals surface area contributed by atoms with Crippen molar-refractivity contribution >= 4 is 5.91 Å². The Morgan fingerprint density at radius 1 is 1.50 bits per heavy atom. The largest absolute Gasteiger partial charge is 0.352 e. The lowest BCUT2D eigenvalue weighted by Gasteiger charge is -2.27. The van der Waals surface area contributed by atoms with Gasteiger partial charge in [0.1, 0.15) is 0 Å². The molecule has 0 unspecified atom stereocenters. The van der Waals surface area contributed by atoms with E-state index in [1.165, 1.54) is 0 Å². The molecule has 1 amide bonds. The molecule has 5 nitrogen and oxygen atoms in total. The number of hydrogen-bond acceptors (Lipinski definition) is 3. The maximum absolute atomic E-state index is 12.4. The Balaban J connectivity index is 1.83. The van der Waals surface area contributed by atoms with Gasteiger partial charge in [0.25, 0.3) is 5.91 Å². The highest BCUT2D eigenvalue weighted by molar-refractivity contribution is 5.98. The molecule has 1 aliphatic heterocycles. The average Bonchev–Trinajstić information content (AvgIpc) is 2.90. The zero-order valence-electron chi connectivity index (χ0n) is 11.5. The lowest BCUT2D eigenvalue weighted by Crippen LogP contribution is -2.48. The van der Waals surface area contributed by atoms with Crippen molar-refractivity contribution < 1.29 is 4.79 Å². The first-order chi connectivity index (χ1) is 9.74. The molecule has 3 rings (SSSR count). The number of nitrogens with zero attached hydrogens (tertiary/aromatic N) is 2. The number of aromatic nitrogens is 2. The minimum absolute atomic E-state index is 0.0238. The summed E-state index contributed by atoms with van der Waals surface area (Å²) in [5.74, 6) is 0.532. The maximum atomic E-state index is 12.4. The van der Waals surface area contributed by atoms with Crippen molar-refractivity contribution in [1.82, 2.24) is 20.2 Å². The van der Waals surface area contributed by atoms with E-state index in [0.29, 0.717) is 11.5 Å². The van der Waals surface area contributed by atoms with Gasteiger partial charge in [0, 0.05) is 37.9 Å². The number of rotatable bonds is 4. The van der Waals surface area contributed by atoms with E-state index in [0.717, 1.165) is 30.9 Å². The summed E-state index contributed by atoms with van der Waals surface area (Å²) in [5.41, 5.74) is 2.62. The van der Waals surface area contributed by atoms with Crippen LogP contribution in [0, 0.1) is 12.8 Å². The zero-order chi connectivity index (χ0) is 13.9. The summed E-state index contributed by atoms with van der Waals surface area (Å²) in [7, 11) is 0. The van der Waals surface area contributed by atoms with Crippen LogP contribution in [0.15, 0.2) is 36.9 Å². The normalized spacial score (nSPS) is 14.8. The van der Waals surface area contributed by atoms with Crippen molar-refractivity contribution in [2.75, 3.05) is 19.6 Å². The van der Waals surface area contributed by atoms with Gasteiger partial charge in [0.2, 0.25) is 0 Å². The number of carbonyl (C=O) groups is 1. The van der Waals surface area contributed by atoms with Gasteiger partial charge in [-0.15, -0.1) is 0 Å². The van der Waals surface area contributed by atoms with E-state index < -0.39 is 0 Å². The fourth-order valence-corrected chi connectivity index (χ4v) is 2.28. The third kappa shape index (κ3) is 2.58. The number of carbonyl (C=O) groups excluding carboxylic acids is 1. The highest BCUT2D eigenvalue weighted by Gasteiger charge is 2.19. The van der Waals surface area contributed by atoms with Crippen LogP contribution in [0.5, 0.6) is 0 Å². The van der Waals surface area contributed by atoms with Crippen molar-refractivity contribution in [3.05, 3.63) is 48.0 Å². The molecule has 0 aliphatic carbocycles. The molecule has 1 saturated heterocycles. The van der Waals surface area contributed by atoms with Crippen LogP contribution in [-0.2, 0) is 0 Å². The Morgan fingerprint density at radius 2 is 2.35 bits per heavy atom. The molecular formula is C15H18N4O. The molecular weight excluding hydrogens is 252 g/mol. The predicted molar refractivity (Wildman–Crippen MR) is 77.0 cm³/mol. The summed E-state index contributed by atoms with van der Waals surface area (Å²) in [4.78, 5) is 16.4. The van der Waals surface area contributed by atoms with Crippen molar-refractivity contribution in [3.63, 3.8) is 0 Å². The highest BCUT2D eigenvalue weighted by atomic mass is 16.1. The molecule has 1 aromatic carbocycles. The Hall–Kier alpha value is -2.14. The van der Waals surface area contributed by atoms with Crippen molar-refractivity contribution in [3.8, 4) is 5.69 Å². The van der Waals surface area contributed by atoms with E-state index >= 15 is 0 Å². The number of nitrogens with one attached hydrogen (secondary N) is 2. The van der Waals surface area contributed by atoms with E-state index in [9.17, 15) is 4.79 Å². The van der Waals surface area contributed by atoms with Gasteiger partial charge in [0.05, 0.1) is 17.6 Å². The van der Waals surface area contributed by atoms with Gasteiger partial charge in [-0.1, -0.05) is 11.6 Å². The predicted octanol–water partition coefficient (Wildman–Crippen LogP) is 1.13. The van der Waals surface area contributed by atoms with Crippen LogP contribution in [0.4, 0.5) is 0 Å². The number of hydrogen-bond donors (Lipinski definition) is 2. The molecule has 2 heterocycles. The first-order valence-electron chi connectivity index (χ1n) is 6.82. The van der Waals surface area contributed by atoms with Crippen LogP contribution >= 0.6 is 0 Å². The van der Waals surface area contributed by atoms with Crippen molar-refractivity contribution in [2.45, 2.75) is 6.92 Å². The first kappa shape index (κ1) is 12.9. The van der Waals surface area contributed by atoms with E-state index in [4.69, 9.17) is 0 Å². The van der Waals surface area contributed by atoms with Gasteiger partial charge in [-0.3, -0.25) is 4.79 Å². The van der Waals surface area contributed by atoms with E-state index in [-0.39, 0.29) is 5.91 Å². The summed E-state index contributed by atoms with van der Waals surface area (Å²) in [6.07, 6.45) is 5.26. The molecule has 5 heteroatoms.